The van der Waals surface area contributed by atoms with Crippen molar-refractivity contribution in [2.24, 2.45) is 0 Å². The number of ether oxygens (including phenoxy) is 2. The van der Waals surface area contributed by atoms with Crippen LogP contribution in [0.5, 0.6) is 11.5 Å². The second-order valence-corrected chi connectivity index (χ2v) is 4.90. The summed E-state index contributed by atoms with van der Waals surface area (Å²) in [5.74, 6) is 0.646. The number of hydrogen-bond donors (Lipinski definition) is 1. The van der Waals surface area contributed by atoms with Gasteiger partial charge in [-0.3, -0.25) is 9.69 Å². The molecule has 0 radical (unpaired) electrons. The number of carbonyl (C=O) groups excluding carboxylic acids is 2. The fraction of sp³-hybridized carbons (Fsp3) is 0.333. The zero-order chi connectivity index (χ0) is 16.3. The van der Waals surface area contributed by atoms with Gasteiger partial charge >= 0.3 is 6.03 Å². The molecule has 6 nitrogen and oxygen atoms in total. The Bertz CT molecular complexity index is 643. The number of amides is 3. The van der Waals surface area contributed by atoms with Gasteiger partial charge in [-0.05, 0) is 31.6 Å². The second kappa shape index (κ2) is 6.70. The molecule has 0 atom stereocenters. The molecule has 0 bridgehead atoms. The Morgan fingerprint density at radius 1 is 1.27 bits per heavy atom. The van der Waals surface area contributed by atoms with Crippen LogP contribution in [0.25, 0.3) is 6.08 Å². The average Bonchev–Trinajstić information content (AvgIpc) is 2.76. The molecule has 1 aliphatic rings. The quantitative estimate of drug-likeness (QED) is 0.668. The first-order chi connectivity index (χ1) is 10.5. The van der Waals surface area contributed by atoms with Gasteiger partial charge in [0.25, 0.3) is 5.91 Å². The zero-order valence-corrected chi connectivity index (χ0v) is 13.4. The SMILES string of the molecule is CCOc1cc(Cl)c(/C=C2/NC(=O)N(CC)C2=O)cc1OC. The molecular formula is C15H17ClN2O4. The highest BCUT2D eigenvalue weighted by atomic mass is 35.5. The van der Waals surface area contributed by atoms with Gasteiger partial charge < -0.3 is 14.8 Å². The monoisotopic (exact) mass is 324 g/mol. The van der Waals surface area contributed by atoms with Crippen molar-refractivity contribution in [2.75, 3.05) is 20.3 Å². The van der Waals surface area contributed by atoms with Gasteiger partial charge in [0, 0.05) is 12.6 Å². The fourth-order valence-corrected chi connectivity index (χ4v) is 2.31. The van der Waals surface area contributed by atoms with Crippen LogP contribution in [-0.4, -0.2) is 37.1 Å². The Balaban J connectivity index is 2.39. The van der Waals surface area contributed by atoms with Crippen LogP contribution in [0.15, 0.2) is 17.8 Å². The first kappa shape index (κ1) is 16.2. The van der Waals surface area contributed by atoms with Gasteiger partial charge in [0.1, 0.15) is 5.70 Å². The van der Waals surface area contributed by atoms with Crippen LogP contribution in [0, 0.1) is 0 Å². The number of nitrogens with one attached hydrogen (secondary N) is 1. The molecule has 1 fully saturated rings. The molecule has 1 saturated heterocycles. The van der Waals surface area contributed by atoms with Crippen LogP contribution in [0.1, 0.15) is 19.4 Å². The number of hydrogen-bond acceptors (Lipinski definition) is 4. The maximum atomic E-state index is 12.1. The Kier molecular flexibility index (Phi) is 4.92. The Labute approximate surface area is 133 Å². The summed E-state index contributed by atoms with van der Waals surface area (Å²) in [6, 6.07) is 2.84. The molecule has 1 aromatic carbocycles. The Hall–Kier alpha value is -2.21. The maximum absolute atomic E-state index is 12.1. The van der Waals surface area contributed by atoms with Gasteiger partial charge in [0.05, 0.1) is 18.7 Å². The number of methoxy groups -OCH3 is 1. The summed E-state index contributed by atoms with van der Waals surface area (Å²) in [5.41, 5.74) is 0.739. The van der Waals surface area contributed by atoms with Crippen molar-refractivity contribution in [3.05, 3.63) is 28.4 Å². The summed E-state index contributed by atoms with van der Waals surface area (Å²) >= 11 is 6.21. The van der Waals surface area contributed by atoms with E-state index in [4.69, 9.17) is 21.1 Å². The van der Waals surface area contributed by atoms with Crippen molar-refractivity contribution in [3.63, 3.8) is 0 Å². The molecule has 1 N–H and O–H groups in total. The molecule has 0 saturated carbocycles. The Morgan fingerprint density at radius 3 is 2.55 bits per heavy atom. The lowest BCUT2D eigenvalue weighted by atomic mass is 10.1. The third-order valence-corrected chi connectivity index (χ3v) is 3.49. The lowest BCUT2D eigenvalue weighted by Crippen LogP contribution is -2.30. The minimum absolute atomic E-state index is 0.181. The second-order valence-electron chi connectivity index (χ2n) is 4.50. The summed E-state index contributed by atoms with van der Waals surface area (Å²) in [4.78, 5) is 24.8. The summed E-state index contributed by atoms with van der Waals surface area (Å²) in [6.07, 6.45) is 1.52. The van der Waals surface area contributed by atoms with E-state index in [9.17, 15) is 9.59 Å². The van der Waals surface area contributed by atoms with Gasteiger partial charge in [-0.25, -0.2) is 4.79 Å². The van der Waals surface area contributed by atoms with Crippen molar-refractivity contribution >= 4 is 29.6 Å². The molecule has 1 heterocycles. The standard InChI is InChI=1S/C15H17ClN2O4/c1-4-18-14(19)11(17-15(18)20)6-9-7-12(21-3)13(22-5-2)8-10(9)16/h6-8H,4-5H2,1-3H3,(H,17,20)/b11-6+. The van der Waals surface area contributed by atoms with Crippen LogP contribution in [0.4, 0.5) is 4.79 Å². The summed E-state index contributed by atoms with van der Waals surface area (Å²) in [6.45, 7) is 4.37. The van der Waals surface area contributed by atoms with E-state index in [1.165, 1.54) is 13.2 Å². The van der Waals surface area contributed by atoms with Gasteiger partial charge in [-0.1, -0.05) is 11.6 Å². The van der Waals surface area contributed by atoms with E-state index >= 15 is 0 Å². The number of rotatable bonds is 5. The van der Waals surface area contributed by atoms with E-state index < -0.39 is 6.03 Å². The van der Waals surface area contributed by atoms with Crippen molar-refractivity contribution in [2.45, 2.75) is 13.8 Å². The minimum atomic E-state index is -0.437. The summed E-state index contributed by atoms with van der Waals surface area (Å²) < 4.78 is 10.7. The van der Waals surface area contributed by atoms with Crippen LogP contribution in [0.3, 0.4) is 0 Å². The van der Waals surface area contributed by atoms with Crippen LogP contribution >= 0.6 is 11.6 Å². The summed E-state index contributed by atoms with van der Waals surface area (Å²) in [5, 5.41) is 2.92. The molecule has 1 aromatic rings. The number of urea groups is 1. The van der Waals surface area contributed by atoms with E-state index in [-0.39, 0.29) is 11.6 Å². The lowest BCUT2D eigenvalue weighted by molar-refractivity contribution is -0.122. The number of benzene rings is 1. The number of nitrogens with zero attached hydrogens (tertiary/aromatic N) is 1. The molecule has 118 valence electrons. The number of likely N-dealkylation sites (N-methyl/N-ethyl adjacent to an activating group) is 1. The third kappa shape index (κ3) is 3.01. The highest BCUT2D eigenvalue weighted by molar-refractivity contribution is 6.32. The maximum Gasteiger partial charge on any atom is 0.328 e. The Morgan fingerprint density at radius 2 is 2.00 bits per heavy atom. The highest BCUT2D eigenvalue weighted by Gasteiger charge is 2.32. The van der Waals surface area contributed by atoms with E-state index in [1.54, 1.807) is 19.1 Å². The molecule has 3 amide bonds. The molecule has 22 heavy (non-hydrogen) atoms. The van der Waals surface area contributed by atoms with Crippen molar-refractivity contribution < 1.29 is 19.1 Å². The van der Waals surface area contributed by atoms with E-state index in [1.807, 2.05) is 6.92 Å². The molecule has 0 spiro atoms. The topological polar surface area (TPSA) is 67.9 Å². The smallest absolute Gasteiger partial charge is 0.328 e. The predicted octanol–water partition coefficient (Wildman–Crippen LogP) is 2.66. The van der Waals surface area contributed by atoms with Crippen LogP contribution < -0.4 is 14.8 Å². The van der Waals surface area contributed by atoms with Gasteiger partial charge in [-0.15, -0.1) is 0 Å². The number of carbonyl (C=O) groups is 2. The lowest BCUT2D eigenvalue weighted by Gasteiger charge is -2.11. The third-order valence-electron chi connectivity index (χ3n) is 3.16. The average molecular weight is 325 g/mol. The van der Waals surface area contributed by atoms with E-state index in [2.05, 4.69) is 5.32 Å². The number of imide groups is 1. The predicted molar refractivity (Wildman–Crippen MR) is 83.1 cm³/mol. The zero-order valence-electron chi connectivity index (χ0n) is 12.6. The first-order valence-electron chi connectivity index (χ1n) is 6.86. The van der Waals surface area contributed by atoms with Crippen molar-refractivity contribution in [1.82, 2.24) is 10.2 Å². The van der Waals surface area contributed by atoms with Gasteiger partial charge in [0.2, 0.25) is 0 Å². The molecule has 2 rings (SSSR count). The normalized spacial score (nSPS) is 16.2. The van der Waals surface area contributed by atoms with Crippen molar-refractivity contribution in [1.29, 1.82) is 0 Å². The van der Waals surface area contributed by atoms with E-state index in [0.29, 0.717) is 35.2 Å². The van der Waals surface area contributed by atoms with Crippen LogP contribution in [-0.2, 0) is 4.79 Å². The largest absolute Gasteiger partial charge is 0.493 e. The van der Waals surface area contributed by atoms with Crippen molar-refractivity contribution in [3.8, 4) is 11.5 Å². The number of halogens is 1. The molecule has 0 aliphatic carbocycles. The molecule has 0 unspecified atom stereocenters. The fourth-order valence-electron chi connectivity index (χ4n) is 2.10. The highest BCUT2D eigenvalue weighted by Crippen LogP contribution is 2.34. The molecular weight excluding hydrogens is 308 g/mol. The van der Waals surface area contributed by atoms with Gasteiger partial charge in [0.15, 0.2) is 11.5 Å². The van der Waals surface area contributed by atoms with Crippen LogP contribution in [0.2, 0.25) is 5.02 Å². The molecule has 0 aromatic heterocycles. The molecule has 1 aliphatic heterocycles. The first-order valence-corrected chi connectivity index (χ1v) is 7.24. The summed E-state index contributed by atoms with van der Waals surface area (Å²) in [7, 11) is 1.52. The van der Waals surface area contributed by atoms with E-state index in [0.717, 1.165) is 4.90 Å². The molecule has 7 heteroatoms. The minimum Gasteiger partial charge on any atom is -0.493 e. The van der Waals surface area contributed by atoms with Gasteiger partial charge in [-0.2, -0.15) is 0 Å².